The third-order valence-corrected chi connectivity index (χ3v) is 1.30. The molecule has 1 aromatic rings. The van der Waals surface area contributed by atoms with Crippen LogP contribution in [0.25, 0.3) is 10.4 Å². The van der Waals surface area contributed by atoms with Gasteiger partial charge in [-0.05, 0) is 17.7 Å². The van der Waals surface area contributed by atoms with Crippen molar-refractivity contribution in [2.45, 2.75) is 0 Å². The summed E-state index contributed by atoms with van der Waals surface area (Å²) in [5, 5.41) is 3.30. The largest absolute Gasteiger partial charge is 0.464 e. The van der Waals surface area contributed by atoms with Crippen LogP contribution in [0.3, 0.4) is 0 Å². The van der Waals surface area contributed by atoms with Crippen LogP contribution in [0, 0.1) is 0 Å². The van der Waals surface area contributed by atoms with E-state index in [0.29, 0.717) is 5.69 Å². The lowest BCUT2D eigenvalue weighted by atomic mass is 10.3. The molecule has 0 saturated carbocycles. The van der Waals surface area contributed by atoms with Gasteiger partial charge >= 0.3 is 5.97 Å². The number of carbonyl (C=O) groups is 1. The summed E-state index contributed by atoms with van der Waals surface area (Å²) < 4.78 is 4.43. The van der Waals surface area contributed by atoms with Crippen LogP contribution in [0.15, 0.2) is 23.4 Å². The molecular formula is C7H7ClN4O2. The molecule has 0 N–H and O–H groups in total. The average molecular weight is 215 g/mol. The first-order valence-corrected chi connectivity index (χ1v) is 3.37. The second-order valence-corrected chi connectivity index (χ2v) is 2.08. The number of pyridine rings is 1. The van der Waals surface area contributed by atoms with Crippen molar-refractivity contribution in [2.24, 2.45) is 5.11 Å². The van der Waals surface area contributed by atoms with Gasteiger partial charge in [-0.3, -0.25) is 0 Å². The van der Waals surface area contributed by atoms with Crippen molar-refractivity contribution < 1.29 is 9.53 Å². The molecular weight excluding hydrogens is 208 g/mol. The molecule has 1 heterocycles. The monoisotopic (exact) mass is 214 g/mol. The maximum Gasteiger partial charge on any atom is 0.356 e. The molecule has 0 amide bonds. The number of hydrogen-bond acceptors (Lipinski definition) is 4. The fourth-order valence-electron chi connectivity index (χ4n) is 0.722. The number of rotatable bonds is 2. The lowest BCUT2D eigenvalue weighted by molar-refractivity contribution is 0.0594. The predicted molar refractivity (Wildman–Crippen MR) is 51.6 cm³/mol. The molecule has 0 atom stereocenters. The molecule has 0 unspecified atom stereocenters. The van der Waals surface area contributed by atoms with Crippen LogP contribution >= 0.6 is 12.4 Å². The Hall–Kier alpha value is -1.78. The number of methoxy groups -OCH3 is 1. The number of halogens is 1. The summed E-state index contributed by atoms with van der Waals surface area (Å²) in [6.45, 7) is 0. The highest BCUT2D eigenvalue weighted by atomic mass is 35.5. The average Bonchev–Trinajstić information content (AvgIpc) is 2.18. The third kappa shape index (κ3) is 2.93. The smallest absolute Gasteiger partial charge is 0.356 e. The minimum Gasteiger partial charge on any atom is -0.464 e. The molecule has 0 aromatic carbocycles. The quantitative estimate of drug-likeness (QED) is 0.327. The van der Waals surface area contributed by atoms with Gasteiger partial charge in [-0.2, -0.15) is 0 Å². The molecule has 0 spiro atoms. The number of azide groups is 1. The number of hydrogen-bond donors (Lipinski definition) is 0. The van der Waals surface area contributed by atoms with Crippen molar-refractivity contribution >= 4 is 24.1 Å². The molecule has 0 aliphatic heterocycles. The van der Waals surface area contributed by atoms with E-state index in [9.17, 15) is 4.79 Å². The maximum atomic E-state index is 10.9. The van der Waals surface area contributed by atoms with Gasteiger partial charge in [0.05, 0.1) is 12.8 Å². The summed E-state index contributed by atoms with van der Waals surface area (Å²) in [7, 11) is 1.27. The van der Waals surface area contributed by atoms with Crippen molar-refractivity contribution in [2.75, 3.05) is 7.11 Å². The summed E-state index contributed by atoms with van der Waals surface area (Å²) in [6.07, 6.45) is 1.30. The molecule has 0 radical (unpaired) electrons. The standard InChI is InChI=1S/C7H6N4O2.ClH/c1-13-7(12)6-3-2-5(4-9-6)10-11-8;/h2-4H,1H3;1H. The van der Waals surface area contributed by atoms with Crippen LogP contribution < -0.4 is 0 Å². The summed E-state index contributed by atoms with van der Waals surface area (Å²) >= 11 is 0. The van der Waals surface area contributed by atoms with Gasteiger partial charge in [0.25, 0.3) is 0 Å². The van der Waals surface area contributed by atoms with Crippen molar-refractivity contribution in [1.82, 2.24) is 4.98 Å². The highest BCUT2D eigenvalue weighted by Gasteiger charge is 2.04. The molecule has 0 aliphatic rings. The van der Waals surface area contributed by atoms with E-state index in [1.807, 2.05) is 0 Å². The van der Waals surface area contributed by atoms with Crippen molar-refractivity contribution in [3.63, 3.8) is 0 Å². The van der Waals surface area contributed by atoms with Gasteiger partial charge in [0, 0.05) is 11.1 Å². The van der Waals surface area contributed by atoms with E-state index in [0.717, 1.165) is 0 Å². The van der Waals surface area contributed by atoms with E-state index < -0.39 is 5.97 Å². The molecule has 14 heavy (non-hydrogen) atoms. The number of aromatic nitrogens is 1. The Balaban J connectivity index is 0.00000169. The fourth-order valence-corrected chi connectivity index (χ4v) is 0.722. The molecule has 1 aromatic heterocycles. The summed E-state index contributed by atoms with van der Waals surface area (Å²) in [6, 6.07) is 2.91. The first kappa shape index (κ1) is 12.2. The Morgan fingerprint density at radius 3 is 2.79 bits per heavy atom. The molecule has 74 valence electrons. The second kappa shape index (κ2) is 5.80. The van der Waals surface area contributed by atoms with E-state index in [1.165, 1.54) is 25.4 Å². The summed E-state index contributed by atoms with van der Waals surface area (Å²) in [4.78, 5) is 17.2. The molecule has 6 nitrogen and oxygen atoms in total. The van der Waals surface area contributed by atoms with Gasteiger partial charge in [-0.25, -0.2) is 9.78 Å². The molecule has 0 saturated heterocycles. The number of esters is 1. The Morgan fingerprint density at radius 1 is 1.64 bits per heavy atom. The zero-order valence-electron chi connectivity index (χ0n) is 7.25. The zero-order valence-corrected chi connectivity index (χ0v) is 8.06. The number of carbonyl (C=O) groups excluding carboxylic acids is 1. The highest BCUT2D eigenvalue weighted by Crippen LogP contribution is 2.10. The van der Waals surface area contributed by atoms with Gasteiger partial charge in [0.2, 0.25) is 0 Å². The van der Waals surface area contributed by atoms with Gasteiger partial charge in [-0.1, -0.05) is 5.11 Å². The number of nitrogens with zero attached hydrogens (tertiary/aromatic N) is 4. The normalized spacial score (nSPS) is 8.07. The van der Waals surface area contributed by atoms with Crippen LogP contribution in [0.4, 0.5) is 5.69 Å². The van der Waals surface area contributed by atoms with E-state index in [4.69, 9.17) is 5.53 Å². The lowest BCUT2D eigenvalue weighted by Crippen LogP contribution is -2.02. The van der Waals surface area contributed by atoms with Crippen molar-refractivity contribution in [1.29, 1.82) is 0 Å². The molecule has 0 aliphatic carbocycles. The van der Waals surface area contributed by atoms with Crippen molar-refractivity contribution in [3.05, 3.63) is 34.5 Å². The zero-order chi connectivity index (χ0) is 9.68. The van der Waals surface area contributed by atoms with E-state index in [1.54, 1.807) is 0 Å². The van der Waals surface area contributed by atoms with Crippen LogP contribution in [-0.2, 0) is 4.74 Å². The Bertz CT molecular complexity index is 358. The Labute approximate surface area is 85.9 Å². The minimum atomic E-state index is -0.521. The van der Waals surface area contributed by atoms with Crippen LogP contribution in [0.1, 0.15) is 10.5 Å². The Kier molecular flexibility index (Phi) is 5.06. The topological polar surface area (TPSA) is 88.0 Å². The van der Waals surface area contributed by atoms with Crippen LogP contribution in [0.2, 0.25) is 0 Å². The first-order valence-electron chi connectivity index (χ1n) is 3.37. The first-order chi connectivity index (χ1) is 6.27. The SMILES string of the molecule is COC(=O)c1ccc(N=[N+]=[N-])cn1.Cl. The highest BCUT2D eigenvalue weighted by molar-refractivity contribution is 5.87. The maximum absolute atomic E-state index is 10.9. The Morgan fingerprint density at radius 2 is 2.36 bits per heavy atom. The predicted octanol–water partition coefficient (Wildman–Crippen LogP) is 2.23. The van der Waals surface area contributed by atoms with Crippen LogP contribution in [0.5, 0.6) is 0 Å². The minimum absolute atomic E-state index is 0. The van der Waals surface area contributed by atoms with Crippen molar-refractivity contribution in [3.8, 4) is 0 Å². The summed E-state index contributed by atoms with van der Waals surface area (Å²) in [5.41, 5.74) is 8.62. The van der Waals surface area contributed by atoms with E-state index >= 15 is 0 Å². The molecule has 1 rings (SSSR count). The summed E-state index contributed by atoms with van der Waals surface area (Å²) in [5.74, 6) is -0.521. The lowest BCUT2D eigenvalue weighted by Gasteiger charge is -1.96. The molecule has 0 bridgehead atoms. The van der Waals surface area contributed by atoms with Gasteiger partial charge in [-0.15, -0.1) is 12.4 Å². The second-order valence-electron chi connectivity index (χ2n) is 2.08. The third-order valence-electron chi connectivity index (χ3n) is 1.30. The van der Waals surface area contributed by atoms with E-state index in [2.05, 4.69) is 19.7 Å². The van der Waals surface area contributed by atoms with Gasteiger partial charge in [0.1, 0.15) is 5.69 Å². The molecule has 7 heteroatoms. The van der Waals surface area contributed by atoms with Crippen LogP contribution in [-0.4, -0.2) is 18.1 Å². The number of ether oxygens (including phenoxy) is 1. The van der Waals surface area contributed by atoms with E-state index in [-0.39, 0.29) is 18.1 Å². The fraction of sp³-hybridized carbons (Fsp3) is 0.143. The van der Waals surface area contributed by atoms with Gasteiger partial charge in [0.15, 0.2) is 0 Å². The molecule has 0 fully saturated rings. The van der Waals surface area contributed by atoms with Gasteiger partial charge < -0.3 is 4.74 Å².